The maximum absolute atomic E-state index is 12.5. The lowest BCUT2D eigenvalue weighted by atomic mass is 10.1. The van der Waals surface area contributed by atoms with Crippen molar-refractivity contribution in [2.24, 2.45) is 0 Å². The number of nitrogens with zero attached hydrogens (tertiary/aromatic N) is 3. The molecule has 150 valence electrons. The Morgan fingerprint density at radius 3 is 2.32 bits per heavy atom. The number of ether oxygens (including phenoxy) is 1. The minimum atomic E-state index is -0.821. The molecule has 0 saturated heterocycles. The molecule has 0 aliphatic rings. The summed E-state index contributed by atoms with van der Waals surface area (Å²) in [7, 11) is 1.71. The van der Waals surface area contributed by atoms with Crippen molar-refractivity contribution in [2.75, 3.05) is 13.3 Å². The predicted molar refractivity (Wildman–Crippen MR) is 110 cm³/mol. The van der Waals surface area contributed by atoms with E-state index in [9.17, 15) is 9.59 Å². The topological polar surface area (TPSA) is 72.4 Å². The Hall–Kier alpha value is -2.41. The second-order valence-corrected chi connectivity index (χ2v) is 7.45. The highest BCUT2D eigenvalue weighted by atomic mass is 32.2. The number of esters is 1. The maximum Gasteiger partial charge on any atom is 0.306 e. The van der Waals surface area contributed by atoms with Gasteiger partial charge in [0.05, 0.1) is 0 Å². The molecule has 0 saturated carbocycles. The summed E-state index contributed by atoms with van der Waals surface area (Å²) < 4.78 is 5.34. The summed E-state index contributed by atoms with van der Waals surface area (Å²) in [5.74, 6) is -0.626. The smallest absolute Gasteiger partial charge is 0.306 e. The zero-order chi connectivity index (χ0) is 20.7. The molecule has 1 amide bonds. The minimum Gasteiger partial charge on any atom is -0.453 e. The number of amides is 1. The highest BCUT2D eigenvalue weighted by molar-refractivity contribution is 7.98. The Kier molecular flexibility index (Phi) is 7.99. The number of carbonyl (C=O) groups excluding carboxylic acids is 2. The molecule has 0 unspecified atom stereocenters. The average molecular weight is 402 g/mol. The van der Waals surface area contributed by atoms with Crippen LogP contribution in [0.3, 0.4) is 0 Å². The molecule has 2 aromatic rings. The summed E-state index contributed by atoms with van der Waals surface area (Å²) in [6.07, 6.45) is 1.78. The number of benzene rings is 1. The Morgan fingerprint density at radius 1 is 1.14 bits per heavy atom. The van der Waals surface area contributed by atoms with E-state index in [1.807, 2.05) is 50.4 Å². The molecule has 7 heteroatoms. The highest BCUT2D eigenvalue weighted by Gasteiger charge is 2.22. The van der Waals surface area contributed by atoms with E-state index in [1.54, 1.807) is 18.9 Å². The van der Waals surface area contributed by atoms with Gasteiger partial charge in [-0.2, -0.15) is 0 Å². The Balaban J connectivity index is 1.87. The molecule has 0 N–H and O–H groups in total. The zero-order valence-corrected chi connectivity index (χ0v) is 17.9. The summed E-state index contributed by atoms with van der Waals surface area (Å²) in [6, 6.07) is 9.69. The van der Waals surface area contributed by atoms with E-state index in [0.29, 0.717) is 13.0 Å². The number of aryl methyl sites for hydroxylation is 2. The molecule has 2 rings (SSSR count). The van der Waals surface area contributed by atoms with Gasteiger partial charge < -0.3 is 9.64 Å². The van der Waals surface area contributed by atoms with Crippen LogP contribution in [-0.2, 0) is 27.3 Å². The van der Waals surface area contributed by atoms with Crippen molar-refractivity contribution < 1.29 is 14.3 Å². The Labute approximate surface area is 170 Å². The van der Waals surface area contributed by atoms with Crippen LogP contribution in [0, 0.1) is 13.8 Å². The third-order valence-corrected chi connectivity index (χ3v) is 5.00. The van der Waals surface area contributed by atoms with Gasteiger partial charge in [-0.05, 0) is 44.6 Å². The number of hydrogen-bond donors (Lipinski definition) is 0. The monoisotopic (exact) mass is 401 g/mol. The normalized spacial score (nSPS) is 11.8. The van der Waals surface area contributed by atoms with E-state index < -0.39 is 12.1 Å². The van der Waals surface area contributed by atoms with Crippen LogP contribution in [0.4, 0.5) is 0 Å². The second kappa shape index (κ2) is 10.2. The van der Waals surface area contributed by atoms with E-state index in [4.69, 9.17) is 4.74 Å². The summed E-state index contributed by atoms with van der Waals surface area (Å²) in [5.41, 5.74) is 3.72. The van der Waals surface area contributed by atoms with Crippen molar-refractivity contribution >= 4 is 23.6 Å². The SMILES string of the molecule is CSc1nc(C)c(CCC(=O)O[C@@H](C)C(=O)N(C)Cc2ccccc2)c(C)n1. The van der Waals surface area contributed by atoms with Crippen LogP contribution in [0.1, 0.15) is 35.9 Å². The number of likely N-dealkylation sites (N-methyl/N-ethyl adjacent to an activating group) is 1. The zero-order valence-electron chi connectivity index (χ0n) is 17.1. The second-order valence-electron chi connectivity index (χ2n) is 6.67. The molecule has 0 radical (unpaired) electrons. The standard InChI is InChI=1S/C21H27N3O3S/c1-14-18(15(2)23-21(22-14)28-5)11-12-19(25)27-16(3)20(26)24(4)13-17-9-7-6-8-10-17/h6-10,16H,11-13H2,1-5H3/t16-/m0/s1. The van der Waals surface area contributed by atoms with E-state index in [1.165, 1.54) is 11.8 Å². The van der Waals surface area contributed by atoms with Gasteiger partial charge in [0.1, 0.15) is 0 Å². The fourth-order valence-corrected chi connectivity index (χ4v) is 3.40. The van der Waals surface area contributed by atoms with Gasteiger partial charge >= 0.3 is 5.97 Å². The molecular formula is C21H27N3O3S. The van der Waals surface area contributed by atoms with Crippen molar-refractivity contribution in [1.29, 1.82) is 0 Å². The first-order valence-corrected chi connectivity index (χ1v) is 10.4. The van der Waals surface area contributed by atoms with Crippen molar-refractivity contribution in [3.05, 3.63) is 52.8 Å². The lowest BCUT2D eigenvalue weighted by molar-refractivity contribution is -0.158. The average Bonchev–Trinajstić information content (AvgIpc) is 2.67. The van der Waals surface area contributed by atoms with Gasteiger partial charge in [0.2, 0.25) is 0 Å². The summed E-state index contributed by atoms with van der Waals surface area (Å²) in [6.45, 7) is 5.91. The van der Waals surface area contributed by atoms with Crippen molar-refractivity contribution in [1.82, 2.24) is 14.9 Å². The molecule has 6 nitrogen and oxygen atoms in total. The van der Waals surface area contributed by atoms with Gasteiger partial charge in [0.25, 0.3) is 5.91 Å². The number of rotatable bonds is 8. The number of thioether (sulfide) groups is 1. The third kappa shape index (κ3) is 6.05. The molecule has 1 heterocycles. The van der Waals surface area contributed by atoms with Crippen molar-refractivity contribution in [3.8, 4) is 0 Å². The highest BCUT2D eigenvalue weighted by Crippen LogP contribution is 2.17. The lowest BCUT2D eigenvalue weighted by Crippen LogP contribution is -2.37. The number of hydrogen-bond acceptors (Lipinski definition) is 6. The molecule has 0 spiro atoms. The minimum absolute atomic E-state index is 0.184. The van der Waals surface area contributed by atoms with Crippen molar-refractivity contribution in [3.63, 3.8) is 0 Å². The van der Waals surface area contributed by atoms with Crippen LogP contribution in [0.25, 0.3) is 0 Å². The largest absolute Gasteiger partial charge is 0.453 e. The Morgan fingerprint density at radius 2 is 1.75 bits per heavy atom. The third-order valence-electron chi connectivity index (χ3n) is 4.46. The fraction of sp³-hybridized carbons (Fsp3) is 0.429. The molecule has 28 heavy (non-hydrogen) atoms. The first-order chi connectivity index (χ1) is 13.3. The fourth-order valence-electron chi connectivity index (χ4n) is 2.94. The lowest BCUT2D eigenvalue weighted by Gasteiger charge is -2.21. The quantitative estimate of drug-likeness (QED) is 0.384. The molecule has 0 bridgehead atoms. The molecule has 1 aromatic heterocycles. The van der Waals surface area contributed by atoms with Crippen LogP contribution in [0.15, 0.2) is 35.5 Å². The van der Waals surface area contributed by atoms with Gasteiger partial charge in [-0.25, -0.2) is 9.97 Å². The van der Waals surface area contributed by atoms with Gasteiger partial charge in [0, 0.05) is 31.4 Å². The van der Waals surface area contributed by atoms with E-state index >= 15 is 0 Å². The Bertz CT molecular complexity index is 804. The van der Waals surface area contributed by atoms with Gasteiger partial charge in [-0.15, -0.1) is 0 Å². The molecule has 0 aliphatic heterocycles. The van der Waals surface area contributed by atoms with Crippen LogP contribution in [0.2, 0.25) is 0 Å². The van der Waals surface area contributed by atoms with E-state index in [0.717, 1.165) is 27.7 Å². The molecule has 1 atom stereocenters. The first kappa shape index (κ1) is 21.9. The summed E-state index contributed by atoms with van der Waals surface area (Å²) in [5, 5.41) is 0.724. The molecule has 0 fully saturated rings. The van der Waals surface area contributed by atoms with Crippen LogP contribution in [0.5, 0.6) is 0 Å². The van der Waals surface area contributed by atoms with Crippen LogP contribution in [-0.4, -0.2) is 46.2 Å². The van der Waals surface area contributed by atoms with E-state index in [2.05, 4.69) is 9.97 Å². The van der Waals surface area contributed by atoms with E-state index in [-0.39, 0.29) is 12.3 Å². The number of carbonyl (C=O) groups is 2. The van der Waals surface area contributed by atoms with Crippen LogP contribution < -0.4 is 0 Å². The van der Waals surface area contributed by atoms with Gasteiger partial charge in [-0.3, -0.25) is 9.59 Å². The van der Waals surface area contributed by atoms with Crippen molar-refractivity contribution in [2.45, 2.75) is 51.4 Å². The summed E-state index contributed by atoms with van der Waals surface area (Å²) in [4.78, 5) is 35.1. The molecule has 0 aliphatic carbocycles. The first-order valence-electron chi connectivity index (χ1n) is 9.18. The van der Waals surface area contributed by atoms with Gasteiger partial charge in [-0.1, -0.05) is 42.1 Å². The predicted octanol–water partition coefficient (Wildman–Crippen LogP) is 3.34. The van der Waals surface area contributed by atoms with Gasteiger partial charge in [0.15, 0.2) is 11.3 Å². The molecular weight excluding hydrogens is 374 g/mol. The van der Waals surface area contributed by atoms with Crippen LogP contribution >= 0.6 is 11.8 Å². The summed E-state index contributed by atoms with van der Waals surface area (Å²) >= 11 is 1.49. The number of aromatic nitrogens is 2. The molecule has 1 aromatic carbocycles. The maximum atomic E-state index is 12.5.